The number of nitrogens with one attached hydrogen (secondary N) is 1. The molecule has 2 aromatic rings. The number of hydrogen-bond acceptors (Lipinski definition) is 7. The number of aromatic amines is 1. The first kappa shape index (κ1) is 32.7. The zero-order valence-corrected chi connectivity index (χ0v) is 27.4. The summed E-state index contributed by atoms with van der Waals surface area (Å²) in [6.45, 7) is 14.0. The van der Waals surface area contributed by atoms with Crippen LogP contribution in [0.3, 0.4) is 0 Å². The summed E-state index contributed by atoms with van der Waals surface area (Å²) in [5.74, 6) is 0.852. The Morgan fingerprint density at radius 1 is 1.13 bits per heavy atom. The normalized spacial score (nSPS) is 20.5. The number of likely N-dealkylation sites (N-methyl/N-ethyl adjacent to an activating group) is 1. The quantitative estimate of drug-likeness (QED) is 0.305. The van der Waals surface area contributed by atoms with Gasteiger partial charge in [-0.25, -0.2) is 0 Å². The van der Waals surface area contributed by atoms with Crippen molar-refractivity contribution in [2.24, 2.45) is 5.41 Å². The summed E-state index contributed by atoms with van der Waals surface area (Å²) in [6.07, 6.45) is 13.2. The third-order valence-corrected chi connectivity index (χ3v) is 9.69. The molecule has 1 unspecified atom stereocenters. The van der Waals surface area contributed by atoms with Crippen molar-refractivity contribution in [3.63, 3.8) is 0 Å². The van der Waals surface area contributed by atoms with Crippen LogP contribution in [0.1, 0.15) is 26.2 Å². The second-order valence-corrected chi connectivity index (χ2v) is 12.9. The second-order valence-electron chi connectivity index (χ2n) is 12.9. The van der Waals surface area contributed by atoms with Gasteiger partial charge in [-0.1, -0.05) is 30.9 Å². The van der Waals surface area contributed by atoms with Crippen molar-refractivity contribution in [2.75, 3.05) is 85.0 Å². The summed E-state index contributed by atoms with van der Waals surface area (Å²) >= 11 is 0. The minimum atomic E-state index is -0.433. The summed E-state index contributed by atoms with van der Waals surface area (Å²) < 4.78 is 5.66. The summed E-state index contributed by atoms with van der Waals surface area (Å²) in [6, 6.07) is 6.44. The van der Waals surface area contributed by atoms with E-state index >= 15 is 0 Å². The van der Waals surface area contributed by atoms with Crippen LogP contribution in [0.15, 0.2) is 67.0 Å². The van der Waals surface area contributed by atoms with Gasteiger partial charge in [-0.15, -0.1) is 0 Å². The Hall–Kier alpha value is -3.73. The van der Waals surface area contributed by atoms with Gasteiger partial charge in [0.1, 0.15) is 5.75 Å². The fourth-order valence-electron chi connectivity index (χ4n) is 7.02. The number of amides is 2. The van der Waals surface area contributed by atoms with Crippen LogP contribution in [0, 0.1) is 5.41 Å². The molecule has 0 aliphatic carbocycles. The maximum atomic E-state index is 13.8. The predicted molar refractivity (Wildman–Crippen MR) is 179 cm³/mol. The number of hydrogen-bond donors (Lipinski definition) is 1. The molecule has 0 radical (unpaired) electrons. The number of H-pyrrole nitrogens is 1. The van der Waals surface area contributed by atoms with Gasteiger partial charge in [0.25, 0.3) is 5.91 Å². The Bertz CT molecular complexity index is 1380. The topological polar surface area (TPSA) is 88.2 Å². The number of aromatic nitrogens is 2. The average molecular weight is 616 g/mol. The van der Waals surface area contributed by atoms with E-state index in [-0.39, 0.29) is 11.8 Å². The number of likely N-dealkylation sites (tertiary alicyclic amines) is 1. The third-order valence-electron chi connectivity index (χ3n) is 9.69. The van der Waals surface area contributed by atoms with Crippen molar-refractivity contribution in [3.05, 3.63) is 67.0 Å². The number of piperidine rings is 1. The van der Waals surface area contributed by atoms with Crippen molar-refractivity contribution < 1.29 is 14.3 Å². The lowest BCUT2D eigenvalue weighted by atomic mass is 9.77. The van der Waals surface area contributed by atoms with E-state index in [1.54, 1.807) is 25.5 Å². The molecule has 0 bridgehead atoms. The second kappa shape index (κ2) is 14.6. The lowest BCUT2D eigenvalue weighted by molar-refractivity contribution is -0.134. The highest BCUT2D eigenvalue weighted by molar-refractivity contribution is 6.01. The fraction of sp³-hybridized carbons (Fsp3) is 0.514. The number of allylic oxidation sites excluding steroid dienone is 2. The molecule has 10 heteroatoms. The van der Waals surface area contributed by atoms with Crippen LogP contribution in [-0.2, 0) is 9.59 Å². The summed E-state index contributed by atoms with van der Waals surface area (Å²) in [7, 11) is 5.89. The zero-order chi connectivity index (χ0) is 32.0. The largest absolute Gasteiger partial charge is 0.496 e. The molecule has 3 fully saturated rings. The highest BCUT2D eigenvalue weighted by Crippen LogP contribution is 2.44. The van der Waals surface area contributed by atoms with E-state index in [2.05, 4.69) is 58.6 Å². The molecule has 4 heterocycles. The van der Waals surface area contributed by atoms with E-state index in [9.17, 15) is 9.59 Å². The molecule has 10 nitrogen and oxygen atoms in total. The lowest BCUT2D eigenvalue weighted by Gasteiger charge is -2.38. The van der Waals surface area contributed by atoms with Crippen LogP contribution in [-0.4, -0.2) is 128 Å². The van der Waals surface area contributed by atoms with Gasteiger partial charge in [-0.2, -0.15) is 5.10 Å². The molecule has 0 saturated carbocycles. The molecule has 242 valence electrons. The molecule has 1 aromatic heterocycles. The maximum Gasteiger partial charge on any atom is 0.253 e. The minimum absolute atomic E-state index is 0.00482. The summed E-state index contributed by atoms with van der Waals surface area (Å²) in [4.78, 5) is 38.4. The molecular weight excluding hydrogens is 566 g/mol. The first-order chi connectivity index (χ1) is 21.7. The predicted octanol–water partition coefficient (Wildman–Crippen LogP) is 3.67. The van der Waals surface area contributed by atoms with Crippen molar-refractivity contribution in [1.29, 1.82) is 0 Å². The van der Waals surface area contributed by atoms with Gasteiger partial charge in [-0.05, 0) is 52.4 Å². The van der Waals surface area contributed by atoms with Crippen LogP contribution in [0.2, 0.25) is 0 Å². The minimum Gasteiger partial charge on any atom is -0.496 e. The zero-order valence-electron chi connectivity index (χ0n) is 27.4. The van der Waals surface area contributed by atoms with Gasteiger partial charge in [0, 0.05) is 99.6 Å². The van der Waals surface area contributed by atoms with Crippen molar-refractivity contribution in [2.45, 2.75) is 32.2 Å². The molecule has 1 spiro atoms. The van der Waals surface area contributed by atoms with Crippen LogP contribution in [0.4, 0.5) is 5.69 Å². The molecule has 1 atom stereocenters. The van der Waals surface area contributed by atoms with Gasteiger partial charge in [0.05, 0.1) is 18.7 Å². The smallest absolute Gasteiger partial charge is 0.253 e. The standard InChI is InChI=1S/C35H49N7O3/c1-6-8-28(9-7-15-39-19-21-40(22-20-39)27(2)26-38(3)4)33(43)41-16-12-35(13-17-41)14-18-42(34(35)44)30-10-11-31(32(23-30)45-5)29-24-36-37-25-29/h6-11,23-25,27H,1,12-22,26H2,2-5H3,(H,36,37)/b9-7-,28-8+. The molecule has 3 aliphatic heterocycles. The van der Waals surface area contributed by atoms with E-state index in [1.165, 1.54) is 0 Å². The number of methoxy groups -OCH3 is 1. The van der Waals surface area contributed by atoms with E-state index in [1.807, 2.05) is 40.3 Å². The Labute approximate surface area is 268 Å². The summed E-state index contributed by atoms with van der Waals surface area (Å²) in [5, 5.41) is 6.88. The van der Waals surface area contributed by atoms with Gasteiger partial charge < -0.3 is 19.4 Å². The number of carbonyl (C=O) groups excluding carboxylic acids is 2. The van der Waals surface area contributed by atoms with E-state index in [4.69, 9.17) is 4.74 Å². The number of nitrogens with zero attached hydrogens (tertiary/aromatic N) is 6. The monoisotopic (exact) mass is 615 g/mol. The number of carbonyl (C=O) groups is 2. The molecule has 3 saturated heterocycles. The number of ether oxygens (including phenoxy) is 1. The van der Waals surface area contributed by atoms with Gasteiger partial charge >= 0.3 is 0 Å². The Kier molecular flexibility index (Phi) is 10.6. The average Bonchev–Trinajstić information content (AvgIpc) is 3.69. The van der Waals surface area contributed by atoms with Gasteiger partial charge in [-0.3, -0.25) is 24.5 Å². The third kappa shape index (κ3) is 7.40. The number of rotatable bonds is 11. The van der Waals surface area contributed by atoms with Crippen LogP contribution in [0.5, 0.6) is 5.75 Å². The molecule has 1 aromatic carbocycles. The molecular formula is C35H49N7O3. The first-order valence-corrected chi connectivity index (χ1v) is 16.1. The molecule has 5 rings (SSSR count). The number of benzene rings is 1. The van der Waals surface area contributed by atoms with E-state index in [0.29, 0.717) is 49.8 Å². The van der Waals surface area contributed by atoms with Crippen molar-refractivity contribution >= 4 is 17.5 Å². The Morgan fingerprint density at radius 3 is 2.51 bits per heavy atom. The first-order valence-electron chi connectivity index (χ1n) is 16.1. The maximum absolute atomic E-state index is 13.8. The number of piperazine rings is 1. The van der Waals surface area contributed by atoms with Crippen molar-refractivity contribution in [3.8, 4) is 16.9 Å². The fourth-order valence-corrected chi connectivity index (χ4v) is 7.02. The highest BCUT2D eigenvalue weighted by Gasteiger charge is 2.49. The lowest BCUT2D eigenvalue weighted by Crippen LogP contribution is -2.51. The molecule has 3 aliphatic rings. The summed E-state index contributed by atoms with van der Waals surface area (Å²) in [5.41, 5.74) is 2.91. The number of anilines is 1. The molecule has 1 N–H and O–H groups in total. The van der Waals surface area contributed by atoms with Crippen LogP contribution < -0.4 is 9.64 Å². The Morgan fingerprint density at radius 2 is 1.87 bits per heavy atom. The van der Waals surface area contributed by atoms with Crippen LogP contribution in [0.25, 0.3) is 11.1 Å². The van der Waals surface area contributed by atoms with Gasteiger partial charge in [0.2, 0.25) is 5.91 Å². The SMILES string of the molecule is C=C/C=C(\C=C/CN1CCN(C(C)CN(C)C)CC1)C(=O)N1CCC2(CC1)CCN(c1ccc(-c3cn[nH]c3)c(OC)c1)C2=O. The van der Waals surface area contributed by atoms with Gasteiger partial charge in [0.15, 0.2) is 0 Å². The molecule has 2 amide bonds. The molecule has 45 heavy (non-hydrogen) atoms. The van der Waals surface area contributed by atoms with Crippen LogP contribution >= 0.6 is 0 Å². The van der Waals surface area contributed by atoms with E-state index in [0.717, 1.165) is 62.5 Å². The Balaban J connectivity index is 1.14. The highest BCUT2D eigenvalue weighted by atomic mass is 16.5. The van der Waals surface area contributed by atoms with Crippen molar-refractivity contribution in [1.82, 2.24) is 29.8 Å². The van der Waals surface area contributed by atoms with E-state index < -0.39 is 5.41 Å².